The zero-order valence-electron chi connectivity index (χ0n) is 16.7. The average molecular weight is 429 g/mol. The lowest BCUT2D eigenvalue weighted by Crippen LogP contribution is -2.43. The van der Waals surface area contributed by atoms with E-state index in [0.29, 0.717) is 37.4 Å². The van der Waals surface area contributed by atoms with E-state index in [9.17, 15) is 13.2 Å². The Bertz CT molecular complexity index is 1150. The lowest BCUT2D eigenvalue weighted by molar-refractivity contribution is 0.0730. The number of aromatic nitrogens is 2. The number of fused-ring (bicyclic) bond motifs is 1. The molecule has 0 aliphatic carbocycles. The SMILES string of the molecule is Cc1nc2cc(C(=O)NCCS(=O)(=O)N3CCOCC3)ccc2n1-c1ccccc1. The fourth-order valence-corrected chi connectivity index (χ4v) is 4.92. The summed E-state index contributed by atoms with van der Waals surface area (Å²) in [6.45, 7) is 3.49. The highest BCUT2D eigenvalue weighted by Gasteiger charge is 2.24. The van der Waals surface area contributed by atoms with Crippen molar-refractivity contribution in [2.24, 2.45) is 0 Å². The molecular formula is C21H24N4O4S. The van der Waals surface area contributed by atoms with Crippen LogP contribution in [0.3, 0.4) is 0 Å². The number of amides is 1. The Balaban J connectivity index is 1.45. The number of benzene rings is 2. The first-order valence-electron chi connectivity index (χ1n) is 9.84. The van der Waals surface area contributed by atoms with Crippen LogP contribution in [-0.4, -0.2) is 66.8 Å². The van der Waals surface area contributed by atoms with Crippen molar-refractivity contribution in [3.05, 3.63) is 59.9 Å². The van der Waals surface area contributed by atoms with Crippen LogP contribution in [0.1, 0.15) is 16.2 Å². The Hall–Kier alpha value is -2.75. The molecule has 0 unspecified atom stereocenters. The number of rotatable bonds is 6. The molecule has 1 aromatic heterocycles. The van der Waals surface area contributed by atoms with Gasteiger partial charge in [0.05, 0.1) is 30.0 Å². The lowest BCUT2D eigenvalue weighted by Gasteiger charge is -2.26. The van der Waals surface area contributed by atoms with Gasteiger partial charge in [0.2, 0.25) is 10.0 Å². The molecule has 4 rings (SSSR count). The number of carbonyl (C=O) groups is 1. The molecule has 0 spiro atoms. The highest BCUT2D eigenvalue weighted by Crippen LogP contribution is 2.22. The van der Waals surface area contributed by atoms with Gasteiger partial charge in [0.25, 0.3) is 5.91 Å². The van der Waals surface area contributed by atoms with E-state index in [-0.39, 0.29) is 18.2 Å². The largest absolute Gasteiger partial charge is 0.379 e. The molecule has 2 aromatic carbocycles. The number of para-hydroxylation sites is 1. The van der Waals surface area contributed by atoms with E-state index in [1.54, 1.807) is 12.1 Å². The Morgan fingerprint density at radius 2 is 1.87 bits per heavy atom. The third-order valence-corrected chi connectivity index (χ3v) is 6.98. The number of hydrogen-bond acceptors (Lipinski definition) is 5. The molecule has 158 valence electrons. The first-order valence-corrected chi connectivity index (χ1v) is 11.4. The summed E-state index contributed by atoms with van der Waals surface area (Å²) in [7, 11) is -3.41. The quantitative estimate of drug-likeness (QED) is 0.645. The summed E-state index contributed by atoms with van der Waals surface area (Å²) in [5.74, 6) is 0.370. The number of ether oxygens (including phenoxy) is 1. The number of morpholine rings is 1. The van der Waals surface area contributed by atoms with Gasteiger partial charge in [0.1, 0.15) is 5.82 Å². The maximum atomic E-state index is 12.5. The second-order valence-electron chi connectivity index (χ2n) is 7.12. The van der Waals surface area contributed by atoms with Gasteiger partial charge >= 0.3 is 0 Å². The molecule has 0 atom stereocenters. The van der Waals surface area contributed by atoms with Crippen LogP contribution in [0, 0.1) is 6.92 Å². The zero-order valence-corrected chi connectivity index (χ0v) is 17.6. The van der Waals surface area contributed by atoms with Crippen LogP contribution in [0.2, 0.25) is 0 Å². The molecule has 1 N–H and O–H groups in total. The van der Waals surface area contributed by atoms with Gasteiger partial charge < -0.3 is 10.1 Å². The summed E-state index contributed by atoms with van der Waals surface area (Å²) in [6.07, 6.45) is 0. The van der Waals surface area contributed by atoms with Gasteiger partial charge in [0.15, 0.2) is 0 Å². The van der Waals surface area contributed by atoms with E-state index in [2.05, 4.69) is 10.3 Å². The number of hydrogen-bond donors (Lipinski definition) is 1. The summed E-state index contributed by atoms with van der Waals surface area (Å²) in [4.78, 5) is 17.1. The number of nitrogens with one attached hydrogen (secondary N) is 1. The molecule has 1 amide bonds. The van der Waals surface area contributed by atoms with Gasteiger partial charge in [-0.3, -0.25) is 9.36 Å². The molecule has 1 aliphatic rings. The number of imidazole rings is 1. The minimum absolute atomic E-state index is 0.0496. The zero-order chi connectivity index (χ0) is 21.1. The van der Waals surface area contributed by atoms with Gasteiger partial charge in [-0.25, -0.2) is 13.4 Å². The summed E-state index contributed by atoms with van der Waals surface area (Å²) in [5.41, 5.74) is 3.07. The first-order chi connectivity index (χ1) is 14.5. The molecule has 3 aromatic rings. The maximum absolute atomic E-state index is 12.5. The fraction of sp³-hybridized carbons (Fsp3) is 0.333. The van der Waals surface area contributed by atoms with E-state index in [4.69, 9.17) is 4.74 Å². The monoisotopic (exact) mass is 428 g/mol. The van der Waals surface area contributed by atoms with Crippen LogP contribution in [0.4, 0.5) is 0 Å². The molecule has 8 nitrogen and oxygen atoms in total. The molecule has 2 heterocycles. The molecule has 1 saturated heterocycles. The molecule has 0 radical (unpaired) electrons. The number of aryl methyl sites for hydroxylation is 1. The van der Waals surface area contributed by atoms with Crippen molar-refractivity contribution in [3.8, 4) is 5.69 Å². The van der Waals surface area contributed by atoms with E-state index in [1.165, 1.54) is 4.31 Å². The molecule has 1 fully saturated rings. The molecule has 9 heteroatoms. The van der Waals surface area contributed by atoms with Crippen molar-refractivity contribution in [2.75, 3.05) is 38.6 Å². The minimum atomic E-state index is -3.41. The highest BCUT2D eigenvalue weighted by atomic mass is 32.2. The second kappa shape index (κ2) is 8.55. The Morgan fingerprint density at radius 3 is 2.60 bits per heavy atom. The van der Waals surface area contributed by atoms with Crippen molar-refractivity contribution >= 4 is 27.0 Å². The van der Waals surface area contributed by atoms with Crippen LogP contribution in [0.25, 0.3) is 16.7 Å². The van der Waals surface area contributed by atoms with Crippen LogP contribution in [0.5, 0.6) is 0 Å². The van der Waals surface area contributed by atoms with Crippen molar-refractivity contribution in [1.82, 2.24) is 19.2 Å². The van der Waals surface area contributed by atoms with Gasteiger partial charge in [-0.05, 0) is 37.3 Å². The Kier molecular flexibility index (Phi) is 5.85. The topological polar surface area (TPSA) is 93.5 Å². The minimum Gasteiger partial charge on any atom is -0.379 e. The highest BCUT2D eigenvalue weighted by molar-refractivity contribution is 7.89. The summed E-state index contributed by atoms with van der Waals surface area (Å²) in [5, 5.41) is 2.70. The van der Waals surface area contributed by atoms with E-state index >= 15 is 0 Å². The van der Waals surface area contributed by atoms with Crippen LogP contribution < -0.4 is 5.32 Å². The molecule has 30 heavy (non-hydrogen) atoms. The summed E-state index contributed by atoms with van der Waals surface area (Å²) >= 11 is 0. The third kappa shape index (κ3) is 4.23. The lowest BCUT2D eigenvalue weighted by atomic mass is 10.2. The van der Waals surface area contributed by atoms with Crippen molar-refractivity contribution in [1.29, 1.82) is 0 Å². The summed E-state index contributed by atoms with van der Waals surface area (Å²) < 4.78 is 33.3. The van der Waals surface area contributed by atoms with Crippen molar-refractivity contribution in [3.63, 3.8) is 0 Å². The maximum Gasteiger partial charge on any atom is 0.251 e. The standard InChI is InChI=1S/C21H24N4O4S/c1-16-23-19-15-17(7-8-20(19)25(16)18-5-3-2-4-6-18)21(26)22-9-14-30(27,28)24-10-12-29-13-11-24/h2-8,15H,9-14H2,1H3,(H,22,26). The van der Waals surface area contributed by atoms with E-state index in [0.717, 1.165) is 17.0 Å². The van der Waals surface area contributed by atoms with Gasteiger partial charge in [-0.1, -0.05) is 18.2 Å². The molecule has 0 saturated carbocycles. The van der Waals surface area contributed by atoms with Crippen LogP contribution in [0.15, 0.2) is 48.5 Å². The van der Waals surface area contributed by atoms with E-state index < -0.39 is 10.0 Å². The van der Waals surface area contributed by atoms with Gasteiger partial charge in [0, 0.05) is 30.9 Å². The van der Waals surface area contributed by atoms with Crippen LogP contribution in [-0.2, 0) is 14.8 Å². The van der Waals surface area contributed by atoms with E-state index in [1.807, 2.05) is 47.9 Å². The number of sulfonamides is 1. The number of carbonyl (C=O) groups excluding carboxylic acids is 1. The smallest absolute Gasteiger partial charge is 0.251 e. The fourth-order valence-electron chi connectivity index (χ4n) is 3.59. The van der Waals surface area contributed by atoms with Crippen molar-refractivity contribution in [2.45, 2.75) is 6.92 Å². The predicted molar refractivity (Wildman–Crippen MR) is 114 cm³/mol. The van der Waals surface area contributed by atoms with Crippen LogP contribution >= 0.6 is 0 Å². The molecule has 0 bridgehead atoms. The molecule has 1 aliphatic heterocycles. The third-order valence-electron chi connectivity index (χ3n) is 5.11. The Labute approximate surface area is 175 Å². The predicted octanol–water partition coefficient (Wildman–Crippen LogP) is 1.73. The normalized spacial score (nSPS) is 15.4. The van der Waals surface area contributed by atoms with Gasteiger partial charge in [-0.2, -0.15) is 4.31 Å². The first kappa shape index (κ1) is 20.5. The number of nitrogens with zero attached hydrogens (tertiary/aromatic N) is 3. The van der Waals surface area contributed by atoms with Gasteiger partial charge in [-0.15, -0.1) is 0 Å². The Morgan fingerprint density at radius 1 is 1.13 bits per heavy atom. The summed E-state index contributed by atoms with van der Waals surface area (Å²) in [6, 6.07) is 15.2. The molecular weight excluding hydrogens is 404 g/mol. The second-order valence-corrected chi connectivity index (χ2v) is 9.21. The van der Waals surface area contributed by atoms with Crippen molar-refractivity contribution < 1.29 is 17.9 Å². The average Bonchev–Trinajstić information content (AvgIpc) is 3.09.